The first-order chi connectivity index (χ1) is 28.3. The van der Waals surface area contributed by atoms with Crippen LogP contribution in [0.1, 0.15) is 38.5 Å². The molecule has 9 nitrogen and oxygen atoms in total. The van der Waals surface area contributed by atoms with Crippen LogP contribution in [0.5, 0.6) is 11.8 Å². The average molecular weight is 931 g/mol. The third-order valence-electron chi connectivity index (χ3n) is 9.68. The molecule has 6 aromatic rings. The van der Waals surface area contributed by atoms with Crippen molar-refractivity contribution in [1.82, 2.24) is 19.9 Å². The van der Waals surface area contributed by atoms with Crippen molar-refractivity contribution in [1.29, 1.82) is 0 Å². The van der Waals surface area contributed by atoms with Crippen LogP contribution in [0.3, 0.4) is 0 Å². The molecule has 1 aliphatic heterocycles. The molecule has 304 valence electrons. The summed E-state index contributed by atoms with van der Waals surface area (Å²) in [5.74, 6) is 1.48. The van der Waals surface area contributed by atoms with E-state index in [9.17, 15) is 8.42 Å². The summed E-state index contributed by atoms with van der Waals surface area (Å²) in [4.78, 5) is 20.6. The molecule has 4 aromatic carbocycles. The molecule has 59 heavy (non-hydrogen) atoms. The molecule has 3 aliphatic rings. The Hall–Kier alpha value is -3.87. The lowest BCUT2D eigenvalue weighted by Gasteiger charge is -2.21. The van der Waals surface area contributed by atoms with Crippen molar-refractivity contribution in [3.63, 3.8) is 0 Å². The van der Waals surface area contributed by atoms with Gasteiger partial charge in [-0.05, 0) is 110 Å². The first-order valence-electron chi connectivity index (χ1n) is 18.9. The maximum atomic E-state index is 12.2. The van der Waals surface area contributed by atoms with E-state index >= 15 is 0 Å². The second-order valence-electron chi connectivity index (χ2n) is 14.5. The van der Waals surface area contributed by atoms with E-state index in [2.05, 4.69) is 14.9 Å². The fourth-order valence-corrected chi connectivity index (χ4v) is 8.19. The Morgan fingerprint density at radius 3 is 1.41 bits per heavy atom. The Morgan fingerprint density at radius 1 is 0.559 bits per heavy atom. The number of benzene rings is 4. The number of aromatic nitrogens is 4. The molecule has 0 radical (unpaired) electrons. The normalized spacial score (nSPS) is 15.1. The molecule has 2 aliphatic carbocycles. The van der Waals surface area contributed by atoms with Crippen LogP contribution in [0.15, 0.2) is 90.1 Å². The Balaban J connectivity index is 0.000000164. The van der Waals surface area contributed by atoms with Crippen molar-refractivity contribution in [3.05, 3.63) is 115 Å². The van der Waals surface area contributed by atoms with E-state index in [4.69, 9.17) is 89.0 Å². The summed E-state index contributed by atoms with van der Waals surface area (Å²) < 4.78 is 36.8. The smallest absolute Gasteiger partial charge is 0.250 e. The fraction of sp³-hybridized carbons (Fsp3) is 0.256. The maximum absolute atomic E-state index is 12.2. The second-order valence-corrected chi connectivity index (χ2v) is 18.9. The lowest BCUT2D eigenvalue weighted by atomic mass is 10.00. The minimum atomic E-state index is -3.69. The molecule has 16 heteroatoms. The van der Waals surface area contributed by atoms with Gasteiger partial charge in [0.2, 0.25) is 27.5 Å². The molecule has 3 heterocycles. The molecule has 2 saturated carbocycles. The number of anilines is 1. The van der Waals surface area contributed by atoms with E-state index < -0.39 is 9.84 Å². The minimum Gasteiger partial charge on any atom is -0.474 e. The molecule has 0 N–H and O–H groups in total. The van der Waals surface area contributed by atoms with Gasteiger partial charge in [-0.15, -0.1) is 0 Å². The largest absolute Gasteiger partial charge is 0.474 e. The zero-order valence-electron chi connectivity index (χ0n) is 31.4. The number of halogens is 6. The highest BCUT2D eigenvalue weighted by Crippen LogP contribution is 2.45. The second kappa shape index (κ2) is 17.6. The Morgan fingerprint density at radius 2 is 0.983 bits per heavy atom. The van der Waals surface area contributed by atoms with E-state index in [1.807, 2.05) is 36.4 Å². The van der Waals surface area contributed by atoms with Gasteiger partial charge in [0.05, 0.1) is 32.6 Å². The molecule has 9 rings (SSSR count). The van der Waals surface area contributed by atoms with Gasteiger partial charge in [0, 0.05) is 50.6 Å². The van der Waals surface area contributed by atoms with Gasteiger partial charge in [-0.25, -0.2) is 18.4 Å². The monoisotopic (exact) mass is 927 g/mol. The molecule has 0 amide bonds. The van der Waals surface area contributed by atoms with Gasteiger partial charge in [0.1, 0.15) is 12.2 Å². The predicted octanol–water partition coefficient (Wildman–Crippen LogP) is 12.6. The molecule has 0 bridgehead atoms. The van der Waals surface area contributed by atoms with Crippen LogP contribution in [0, 0.1) is 0 Å². The summed E-state index contributed by atoms with van der Waals surface area (Å²) >= 11 is 37.4. The van der Waals surface area contributed by atoms with Crippen LogP contribution < -0.4 is 14.4 Å². The zero-order valence-corrected chi connectivity index (χ0v) is 36.8. The summed E-state index contributed by atoms with van der Waals surface area (Å²) in [6, 6.07) is 25.1. The third-order valence-corrected chi connectivity index (χ3v) is 12.1. The summed E-state index contributed by atoms with van der Waals surface area (Å²) in [7, 11) is -3.69. The van der Waals surface area contributed by atoms with E-state index in [0.29, 0.717) is 58.8 Å². The Kier molecular flexibility index (Phi) is 12.5. The number of rotatable bonds is 10. The predicted molar refractivity (Wildman–Crippen MR) is 238 cm³/mol. The van der Waals surface area contributed by atoms with Crippen molar-refractivity contribution in [2.75, 3.05) is 24.2 Å². The van der Waals surface area contributed by atoms with Gasteiger partial charge in [0.15, 0.2) is 0 Å². The van der Waals surface area contributed by atoms with Gasteiger partial charge in [-0.2, -0.15) is 9.97 Å². The molecule has 0 atom stereocenters. The van der Waals surface area contributed by atoms with Crippen molar-refractivity contribution in [2.24, 2.45) is 0 Å². The third kappa shape index (κ3) is 10.0. The Bertz CT molecular complexity index is 2640. The van der Waals surface area contributed by atoms with Gasteiger partial charge in [0.25, 0.3) is 5.16 Å². The van der Waals surface area contributed by atoms with Crippen molar-refractivity contribution in [3.8, 4) is 56.5 Å². The van der Waals surface area contributed by atoms with E-state index in [1.165, 1.54) is 0 Å². The van der Waals surface area contributed by atoms with E-state index in [1.54, 1.807) is 48.5 Å². The standard InChI is InChI=1S/C23H20Cl3N3O.C20H15Cl3N2O3S/c24-15-5-3-14(4-6-15)20-21(18-10-7-16(25)13-19(18)26)27-23(29-11-1-2-12-29)28-22(20)30-17-8-9-17;1-29(26,27)20-24-18(15-9-6-13(22)10-16(15)23)17(11-2-4-12(21)5-3-11)19(25-20)28-14-7-8-14/h3-7,10,13,17H,1-2,8-9,11-12H2;2-6,9-10,14H,7-8H2,1H3. The van der Waals surface area contributed by atoms with Crippen molar-refractivity contribution >= 4 is 85.4 Å². The topological polar surface area (TPSA) is 107 Å². The van der Waals surface area contributed by atoms with Crippen LogP contribution in [0.4, 0.5) is 5.95 Å². The summed E-state index contributed by atoms with van der Waals surface area (Å²) in [6.45, 7) is 1.88. The number of sulfone groups is 1. The molecule has 0 spiro atoms. The van der Waals surface area contributed by atoms with Crippen molar-refractivity contribution < 1.29 is 17.9 Å². The van der Waals surface area contributed by atoms with Crippen LogP contribution in [-0.2, 0) is 9.84 Å². The van der Waals surface area contributed by atoms with Gasteiger partial charge in [-0.1, -0.05) is 93.9 Å². The van der Waals surface area contributed by atoms with Crippen LogP contribution in [-0.4, -0.2) is 59.9 Å². The SMILES string of the molecule is CS(=O)(=O)c1nc(OC2CC2)c(-c2ccc(Cl)cc2)c(-c2ccc(Cl)cc2Cl)n1.Clc1ccc(-c2c(OC3CC3)nc(N3CCCC3)nc2-c2ccc(Cl)cc2Cl)cc1. The lowest BCUT2D eigenvalue weighted by molar-refractivity contribution is 0.289. The number of nitrogens with zero attached hydrogens (tertiary/aromatic N) is 5. The highest BCUT2D eigenvalue weighted by Gasteiger charge is 2.31. The van der Waals surface area contributed by atoms with Gasteiger partial charge < -0.3 is 14.4 Å². The molecule has 2 aromatic heterocycles. The minimum absolute atomic E-state index is 0.00287. The zero-order chi connectivity index (χ0) is 41.4. The van der Waals surface area contributed by atoms with Crippen LogP contribution >= 0.6 is 69.6 Å². The lowest BCUT2D eigenvalue weighted by Crippen LogP contribution is -2.21. The first kappa shape index (κ1) is 41.8. The Labute approximate surface area is 372 Å². The van der Waals surface area contributed by atoms with Gasteiger partial charge in [-0.3, -0.25) is 0 Å². The summed E-state index contributed by atoms with van der Waals surface area (Å²) in [5.41, 5.74) is 5.45. The molecular formula is C43H35Cl6N5O4S. The highest BCUT2D eigenvalue weighted by atomic mass is 35.5. The van der Waals surface area contributed by atoms with E-state index in [-0.39, 0.29) is 23.2 Å². The van der Waals surface area contributed by atoms with Gasteiger partial charge >= 0.3 is 0 Å². The van der Waals surface area contributed by atoms with E-state index in [0.717, 1.165) is 85.8 Å². The molecular weight excluding hydrogens is 895 g/mol. The van der Waals surface area contributed by atoms with Crippen LogP contribution in [0.25, 0.3) is 44.8 Å². The molecule has 3 fully saturated rings. The maximum Gasteiger partial charge on any atom is 0.250 e. The molecule has 0 unspecified atom stereocenters. The summed E-state index contributed by atoms with van der Waals surface area (Å²) in [6.07, 6.45) is 7.38. The highest BCUT2D eigenvalue weighted by molar-refractivity contribution is 7.90. The summed E-state index contributed by atoms with van der Waals surface area (Å²) in [5, 5.41) is 2.83. The first-order valence-corrected chi connectivity index (χ1v) is 23.0. The number of hydrogen-bond donors (Lipinski definition) is 0. The average Bonchev–Trinajstić information content (AvgIpc) is 4.13. The number of ether oxygens (including phenoxy) is 2. The van der Waals surface area contributed by atoms with Crippen LogP contribution in [0.2, 0.25) is 30.1 Å². The fourth-order valence-electron chi connectivity index (χ4n) is 6.44. The molecule has 1 saturated heterocycles. The number of hydrogen-bond acceptors (Lipinski definition) is 9. The van der Waals surface area contributed by atoms with Crippen molar-refractivity contribution in [2.45, 2.75) is 55.9 Å². The quantitative estimate of drug-likeness (QED) is 0.124.